The Balaban J connectivity index is 1.62. The number of esters is 1. The Morgan fingerprint density at radius 2 is 1.69 bits per heavy atom. The summed E-state index contributed by atoms with van der Waals surface area (Å²) in [6.45, 7) is 2.70. The molecule has 188 valence electrons. The average molecular weight is 491 g/mol. The van der Waals surface area contributed by atoms with E-state index in [9.17, 15) is 9.59 Å². The second-order valence-electron chi connectivity index (χ2n) is 8.49. The number of nitrogens with one attached hydrogen (secondary N) is 1. The van der Waals surface area contributed by atoms with Crippen LogP contribution in [0.4, 0.5) is 10.5 Å². The van der Waals surface area contributed by atoms with E-state index in [1.54, 1.807) is 43.4 Å². The topological polar surface area (TPSA) is 86.3 Å². The van der Waals surface area contributed by atoms with Gasteiger partial charge in [-0.2, -0.15) is 0 Å². The summed E-state index contributed by atoms with van der Waals surface area (Å²) in [5.41, 5.74) is 4.23. The maximum absolute atomic E-state index is 13.4. The van der Waals surface area contributed by atoms with Gasteiger partial charge in [-0.3, -0.25) is 0 Å². The van der Waals surface area contributed by atoms with Crippen molar-refractivity contribution < 1.29 is 28.5 Å². The number of fused-ring (bicyclic) bond motifs is 1. The third kappa shape index (κ3) is 5.38. The highest BCUT2D eigenvalue weighted by Gasteiger charge is 2.33. The second kappa shape index (κ2) is 11.0. The number of amides is 2. The molecule has 3 aromatic rings. The molecule has 1 heterocycles. The summed E-state index contributed by atoms with van der Waals surface area (Å²) < 4.78 is 21.9. The molecule has 3 aromatic carbocycles. The molecule has 1 atom stereocenters. The summed E-state index contributed by atoms with van der Waals surface area (Å²) in [5, 5.41) is 3.01. The number of urea groups is 1. The highest BCUT2D eigenvalue weighted by molar-refractivity contribution is 5.90. The van der Waals surface area contributed by atoms with Crippen molar-refractivity contribution in [1.29, 1.82) is 0 Å². The van der Waals surface area contributed by atoms with Gasteiger partial charge in [-0.05, 0) is 78.6 Å². The standard InChI is InChI=1S/C28H30N2O6/c1-18-6-5-7-21(14-18)29-28(32)30-13-12-20-15-25(33-2)26(34-3)16-23(20)24(30)17-36-22-10-8-19(9-11-22)27(31)35-4/h5-11,14-16,24H,12-13,17H2,1-4H3,(H,29,32)/t24-/m1/s1. The molecule has 2 amide bonds. The minimum Gasteiger partial charge on any atom is -0.493 e. The first-order valence-electron chi connectivity index (χ1n) is 11.6. The normalized spacial score (nSPS) is 14.4. The number of rotatable bonds is 7. The molecule has 0 fully saturated rings. The molecule has 8 nitrogen and oxygen atoms in total. The Morgan fingerprint density at radius 1 is 0.972 bits per heavy atom. The van der Waals surface area contributed by atoms with E-state index in [1.807, 2.05) is 43.3 Å². The van der Waals surface area contributed by atoms with Gasteiger partial charge in [0.05, 0.1) is 32.9 Å². The molecular formula is C28H30N2O6. The van der Waals surface area contributed by atoms with E-state index in [2.05, 4.69) is 5.32 Å². The largest absolute Gasteiger partial charge is 0.493 e. The number of aryl methyl sites for hydroxylation is 1. The van der Waals surface area contributed by atoms with Crippen molar-refractivity contribution >= 4 is 17.7 Å². The van der Waals surface area contributed by atoms with Crippen LogP contribution in [0, 0.1) is 6.92 Å². The minimum absolute atomic E-state index is 0.210. The molecule has 0 bridgehead atoms. The van der Waals surface area contributed by atoms with Gasteiger partial charge in [-0.25, -0.2) is 9.59 Å². The number of ether oxygens (including phenoxy) is 4. The van der Waals surface area contributed by atoms with Gasteiger partial charge in [0.25, 0.3) is 0 Å². The van der Waals surface area contributed by atoms with E-state index in [1.165, 1.54) is 7.11 Å². The molecule has 0 spiro atoms. The summed E-state index contributed by atoms with van der Waals surface area (Å²) >= 11 is 0. The SMILES string of the molecule is COC(=O)c1ccc(OC[C@@H]2c3cc(OC)c(OC)cc3CCN2C(=O)Nc2cccc(C)c2)cc1. The van der Waals surface area contributed by atoms with Crippen molar-refractivity contribution in [1.82, 2.24) is 4.90 Å². The number of hydrogen-bond acceptors (Lipinski definition) is 6. The Morgan fingerprint density at radius 3 is 2.36 bits per heavy atom. The number of anilines is 1. The van der Waals surface area contributed by atoms with Gasteiger partial charge in [-0.15, -0.1) is 0 Å². The average Bonchev–Trinajstić information content (AvgIpc) is 2.90. The van der Waals surface area contributed by atoms with Gasteiger partial charge in [-0.1, -0.05) is 12.1 Å². The molecule has 4 rings (SSSR count). The molecule has 0 radical (unpaired) electrons. The van der Waals surface area contributed by atoms with E-state index in [0.717, 1.165) is 22.4 Å². The molecule has 0 saturated carbocycles. The van der Waals surface area contributed by atoms with Crippen molar-refractivity contribution in [3.63, 3.8) is 0 Å². The van der Waals surface area contributed by atoms with E-state index in [-0.39, 0.29) is 18.7 Å². The van der Waals surface area contributed by atoms with Crippen LogP contribution in [0.2, 0.25) is 0 Å². The lowest BCUT2D eigenvalue weighted by atomic mass is 9.92. The van der Waals surface area contributed by atoms with Crippen LogP contribution in [0.25, 0.3) is 0 Å². The number of benzene rings is 3. The molecule has 1 aliphatic heterocycles. The molecule has 1 N–H and O–H groups in total. The molecule has 36 heavy (non-hydrogen) atoms. The van der Waals surface area contributed by atoms with Crippen LogP contribution in [0.5, 0.6) is 17.2 Å². The van der Waals surface area contributed by atoms with Gasteiger partial charge >= 0.3 is 12.0 Å². The molecule has 1 aliphatic rings. The summed E-state index contributed by atoms with van der Waals surface area (Å²) in [5.74, 6) is 1.40. The zero-order chi connectivity index (χ0) is 25.7. The second-order valence-corrected chi connectivity index (χ2v) is 8.49. The van der Waals surface area contributed by atoms with Crippen molar-refractivity contribution in [2.75, 3.05) is 39.8 Å². The van der Waals surface area contributed by atoms with Crippen LogP contribution in [-0.2, 0) is 11.2 Å². The number of hydrogen-bond donors (Lipinski definition) is 1. The first-order chi connectivity index (χ1) is 17.4. The highest BCUT2D eigenvalue weighted by atomic mass is 16.5. The fourth-order valence-corrected chi connectivity index (χ4v) is 4.35. The van der Waals surface area contributed by atoms with Gasteiger partial charge in [0.15, 0.2) is 11.5 Å². The van der Waals surface area contributed by atoms with E-state index >= 15 is 0 Å². The third-order valence-corrected chi connectivity index (χ3v) is 6.22. The lowest BCUT2D eigenvalue weighted by molar-refractivity contribution is 0.0600. The number of methoxy groups -OCH3 is 3. The summed E-state index contributed by atoms with van der Waals surface area (Å²) in [4.78, 5) is 26.9. The molecule has 8 heteroatoms. The van der Waals surface area contributed by atoms with Crippen LogP contribution in [0.1, 0.15) is 33.1 Å². The van der Waals surface area contributed by atoms with Crippen LogP contribution >= 0.6 is 0 Å². The van der Waals surface area contributed by atoms with E-state index in [4.69, 9.17) is 18.9 Å². The number of carbonyl (C=O) groups is 2. The summed E-state index contributed by atoms with van der Waals surface area (Å²) in [7, 11) is 4.53. The lowest BCUT2D eigenvalue weighted by Crippen LogP contribution is -2.44. The monoisotopic (exact) mass is 490 g/mol. The van der Waals surface area contributed by atoms with Crippen molar-refractivity contribution in [2.24, 2.45) is 0 Å². The molecule has 0 aliphatic carbocycles. The molecular weight excluding hydrogens is 460 g/mol. The quantitative estimate of drug-likeness (QED) is 0.469. The van der Waals surface area contributed by atoms with Crippen LogP contribution in [0.15, 0.2) is 60.7 Å². The zero-order valence-electron chi connectivity index (χ0n) is 20.9. The van der Waals surface area contributed by atoms with Crippen molar-refractivity contribution in [3.05, 3.63) is 82.9 Å². The van der Waals surface area contributed by atoms with Crippen molar-refractivity contribution in [3.8, 4) is 17.2 Å². The highest BCUT2D eigenvalue weighted by Crippen LogP contribution is 2.38. The Kier molecular flexibility index (Phi) is 7.63. The fourth-order valence-electron chi connectivity index (χ4n) is 4.35. The number of nitrogens with zero attached hydrogens (tertiary/aromatic N) is 1. The Hall–Kier alpha value is -4.20. The fraction of sp³-hybridized carbons (Fsp3) is 0.286. The molecule has 0 saturated heterocycles. The smallest absolute Gasteiger partial charge is 0.337 e. The summed E-state index contributed by atoms with van der Waals surface area (Å²) in [6, 6.07) is 17.7. The van der Waals surface area contributed by atoms with Gasteiger partial charge < -0.3 is 29.2 Å². The van der Waals surface area contributed by atoms with Gasteiger partial charge in [0, 0.05) is 12.2 Å². The molecule has 0 unspecified atom stereocenters. The Bertz CT molecular complexity index is 1240. The zero-order valence-corrected chi connectivity index (χ0v) is 20.9. The Labute approximate surface area is 210 Å². The van der Waals surface area contributed by atoms with Crippen LogP contribution in [-0.4, -0.2) is 51.4 Å². The van der Waals surface area contributed by atoms with Gasteiger partial charge in [0.2, 0.25) is 0 Å². The third-order valence-electron chi connectivity index (χ3n) is 6.22. The van der Waals surface area contributed by atoms with Crippen LogP contribution < -0.4 is 19.5 Å². The van der Waals surface area contributed by atoms with Gasteiger partial charge in [0.1, 0.15) is 12.4 Å². The van der Waals surface area contributed by atoms with E-state index < -0.39 is 5.97 Å². The predicted octanol–water partition coefficient (Wildman–Crippen LogP) is 5.01. The maximum Gasteiger partial charge on any atom is 0.337 e. The lowest BCUT2D eigenvalue weighted by Gasteiger charge is -2.37. The maximum atomic E-state index is 13.4. The van der Waals surface area contributed by atoms with Crippen LogP contribution in [0.3, 0.4) is 0 Å². The number of carbonyl (C=O) groups excluding carboxylic acids is 2. The minimum atomic E-state index is -0.414. The first-order valence-corrected chi connectivity index (χ1v) is 11.6. The predicted molar refractivity (Wildman–Crippen MR) is 136 cm³/mol. The first kappa shape index (κ1) is 24.9. The van der Waals surface area contributed by atoms with Crippen molar-refractivity contribution in [2.45, 2.75) is 19.4 Å². The van der Waals surface area contributed by atoms with E-state index in [0.29, 0.717) is 35.8 Å². The summed E-state index contributed by atoms with van der Waals surface area (Å²) in [6.07, 6.45) is 0.668. The molecule has 0 aromatic heterocycles.